The number of ketones is 1. The quantitative estimate of drug-likeness (QED) is 0.187. The number of rotatable bonds is 6. The fraction of sp³-hybridized carbons (Fsp3) is 0. The van der Waals surface area contributed by atoms with E-state index in [2.05, 4.69) is 36.4 Å². The van der Waals surface area contributed by atoms with Crippen molar-refractivity contribution in [3.05, 3.63) is 179 Å². The Hall–Kier alpha value is -4.56. The minimum atomic E-state index is -0.358. The maximum Gasteiger partial charge on any atom is 0.193 e. The summed E-state index contributed by atoms with van der Waals surface area (Å²) in [6.07, 6.45) is 0. The molecule has 0 N–H and O–H groups in total. The first kappa shape index (κ1) is 22.2. The highest BCUT2D eigenvalue weighted by Gasteiger charge is 2.17. The van der Waals surface area contributed by atoms with E-state index in [0.717, 1.165) is 33.4 Å². The van der Waals surface area contributed by atoms with Crippen LogP contribution in [0, 0.1) is 5.82 Å². The van der Waals surface area contributed by atoms with Gasteiger partial charge in [0.25, 0.3) is 0 Å². The SMILES string of the molecule is O=C(c1ccc(F)cc1)c1ccc(C(=C(c2ccccc2)c2ccccc2)c2ccccc2)cc1. The zero-order chi connectivity index (χ0) is 24.0. The van der Waals surface area contributed by atoms with Crippen LogP contribution in [-0.4, -0.2) is 5.78 Å². The first-order valence-electron chi connectivity index (χ1n) is 11.5. The Morgan fingerprint density at radius 1 is 0.371 bits per heavy atom. The molecule has 168 valence electrons. The molecule has 0 fully saturated rings. The normalized spacial score (nSPS) is 10.5. The first-order chi connectivity index (χ1) is 17.2. The minimum absolute atomic E-state index is 0.131. The average Bonchev–Trinajstić information content (AvgIpc) is 2.93. The van der Waals surface area contributed by atoms with Crippen LogP contribution in [-0.2, 0) is 0 Å². The van der Waals surface area contributed by atoms with Crippen LogP contribution in [0.3, 0.4) is 0 Å². The molecule has 0 unspecified atom stereocenters. The van der Waals surface area contributed by atoms with E-state index < -0.39 is 0 Å². The van der Waals surface area contributed by atoms with Crippen LogP contribution in [0.2, 0.25) is 0 Å². The maximum absolute atomic E-state index is 13.3. The fourth-order valence-corrected chi connectivity index (χ4v) is 4.28. The lowest BCUT2D eigenvalue weighted by atomic mass is 9.85. The molecule has 0 heterocycles. The molecular weight excluding hydrogens is 431 g/mol. The summed E-state index contributed by atoms with van der Waals surface area (Å²) in [5, 5.41) is 0. The van der Waals surface area contributed by atoms with Crippen molar-refractivity contribution in [3.63, 3.8) is 0 Å². The molecule has 2 heteroatoms. The Labute approximate surface area is 204 Å². The van der Waals surface area contributed by atoms with Crippen LogP contribution in [0.15, 0.2) is 140 Å². The van der Waals surface area contributed by atoms with Gasteiger partial charge >= 0.3 is 0 Å². The van der Waals surface area contributed by atoms with Crippen molar-refractivity contribution in [2.45, 2.75) is 0 Å². The summed E-state index contributed by atoms with van der Waals surface area (Å²) in [5.41, 5.74) is 7.56. The van der Waals surface area contributed by atoms with Gasteiger partial charge in [0.15, 0.2) is 5.78 Å². The third-order valence-corrected chi connectivity index (χ3v) is 5.98. The highest BCUT2D eigenvalue weighted by atomic mass is 19.1. The van der Waals surface area contributed by atoms with Crippen molar-refractivity contribution in [2.24, 2.45) is 0 Å². The van der Waals surface area contributed by atoms with Crippen LogP contribution in [0.1, 0.15) is 38.2 Å². The molecule has 0 aliphatic carbocycles. The Morgan fingerprint density at radius 3 is 1.03 bits per heavy atom. The van der Waals surface area contributed by atoms with Crippen LogP contribution < -0.4 is 0 Å². The van der Waals surface area contributed by atoms with Crippen LogP contribution >= 0.6 is 0 Å². The summed E-state index contributed by atoms with van der Waals surface area (Å²) in [4.78, 5) is 13.0. The van der Waals surface area contributed by atoms with Gasteiger partial charge in [0.2, 0.25) is 0 Å². The number of halogens is 1. The second-order valence-corrected chi connectivity index (χ2v) is 8.26. The van der Waals surface area contributed by atoms with Gasteiger partial charge in [-0.2, -0.15) is 0 Å². The maximum atomic E-state index is 13.3. The van der Waals surface area contributed by atoms with Crippen molar-refractivity contribution < 1.29 is 9.18 Å². The van der Waals surface area contributed by atoms with Gasteiger partial charge in [0.1, 0.15) is 5.82 Å². The van der Waals surface area contributed by atoms with Gasteiger partial charge < -0.3 is 0 Å². The third-order valence-electron chi connectivity index (χ3n) is 5.98. The smallest absolute Gasteiger partial charge is 0.193 e. The fourth-order valence-electron chi connectivity index (χ4n) is 4.28. The molecule has 0 saturated carbocycles. The Morgan fingerprint density at radius 2 is 0.657 bits per heavy atom. The minimum Gasteiger partial charge on any atom is -0.289 e. The lowest BCUT2D eigenvalue weighted by Gasteiger charge is -2.18. The molecule has 5 aromatic carbocycles. The number of carbonyl (C=O) groups is 1. The summed E-state index contributed by atoms with van der Waals surface area (Å²) in [6, 6.07) is 44.3. The van der Waals surface area contributed by atoms with Gasteiger partial charge in [-0.15, -0.1) is 0 Å². The van der Waals surface area contributed by atoms with Crippen molar-refractivity contribution in [2.75, 3.05) is 0 Å². The predicted molar refractivity (Wildman–Crippen MR) is 141 cm³/mol. The second-order valence-electron chi connectivity index (χ2n) is 8.26. The van der Waals surface area contributed by atoms with E-state index in [1.165, 1.54) is 24.3 Å². The Kier molecular flexibility index (Phi) is 6.45. The van der Waals surface area contributed by atoms with Gasteiger partial charge in [0.05, 0.1) is 0 Å². The molecule has 0 spiro atoms. The molecule has 0 radical (unpaired) electrons. The molecule has 5 rings (SSSR count). The largest absolute Gasteiger partial charge is 0.289 e. The van der Waals surface area contributed by atoms with E-state index >= 15 is 0 Å². The molecule has 0 atom stereocenters. The second kappa shape index (κ2) is 10.1. The van der Waals surface area contributed by atoms with E-state index in [4.69, 9.17) is 0 Å². The van der Waals surface area contributed by atoms with Crippen molar-refractivity contribution in [1.29, 1.82) is 0 Å². The van der Waals surface area contributed by atoms with Crippen LogP contribution in [0.4, 0.5) is 4.39 Å². The Bertz CT molecular complexity index is 1410. The molecule has 0 aliphatic rings. The topological polar surface area (TPSA) is 17.1 Å². The molecule has 35 heavy (non-hydrogen) atoms. The highest BCUT2D eigenvalue weighted by Crippen LogP contribution is 2.36. The van der Waals surface area contributed by atoms with Crippen molar-refractivity contribution >= 4 is 16.9 Å². The van der Waals surface area contributed by atoms with Gasteiger partial charge in [-0.05, 0) is 57.7 Å². The highest BCUT2D eigenvalue weighted by molar-refractivity contribution is 6.09. The summed E-state index contributed by atoms with van der Waals surface area (Å²) >= 11 is 0. The van der Waals surface area contributed by atoms with E-state index in [1.807, 2.05) is 78.9 Å². The van der Waals surface area contributed by atoms with E-state index in [0.29, 0.717) is 11.1 Å². The number of hydrogen-bond acceptors (Lipinski definition) is 1. The lowest BCUT2D eigenvalue weighted by Crippen LogP contribution is -2.02. The summed E-state index contributed by atoms with van der Waals surface area (Å²) < 4.78 is 13.3. The van der Waals surface area contributed by atoms with Gasteiger partial charge in [-0.25, -0.2) is 4.39 Å². The average molecular weight is 455 g/mol. The molecule has 0 aliphatic heterocycles. The van der Waals surface area contributed by atoms with Crippen LogP contribution in [0.25, 0.3) is 11.1 Å². The number of benzene rings is 5. The van der Waals surface area contributed by atoms with Crippen molar-refractivity contribution in [3.8, 4) is 0 Å². The molecule has 5 aromatic rings. The summed E-state index contributed by atoms with van der Waals surface area (Å²) in [6.45, 7) is 0. The molecular formula is C33H23FO. The molecule has 1 nitrogen and oxygen atoms in total. The lowest BCUT2D eigenvalue weighted by molar-refractivity contribution is 0.103. The van der Waals surface area contributed by atoms with E-state index in [1.54, 1.807) is 0 Å². The number of hydrogen-bond donors (Lipinski definition) is 0. The van der Waals surface area contributed by atoms with E-state index in [9.17, 15) is 9.18 Å². The molecule has 0 saturated heterocycles. The predicted octanol–water partition coefficient (Wildman–Crippen LogP) is 8.06. The van der Waals surface area contributed by atoms with Crippen molar-refractivity contribution in [1.82, 2.24) is 0 Å². The number of carbonyl (C=O) groups excluding carboxylic acids is 1. The zero-order valence-electron chi connectivity index (χ0n) is 19.1. The van der Waals surface area contributed by atoms with E-state index in [-0.39, 0.29) is 11.6 Å². The summed E-state index contributed by atoms with van der Waals surface area (Å²) in [5.74, 6) is -0.489. The Balaban J connectivity index is 1.68. The van der Waals surface area contributed by atoms with Gasteiger partial charge in [-0.3, -0.25) is 4.79 Å². The van der Waals surface area contributed by atoms with Gasteiger partial charge in [-0.1, -0.05) is 115 Å². The first-order valence-corrected chi connectivity index (χ1v) is 11.5. The summed E-state index contributed by atoms with van der Waals surface area (Å²) in [7, 11) is 0. The monoisotopic (exact) mass is 454 g/mol. The third kappa shape index (κ3) is 4.87. The molecule has 0 bridgehead atoms. The zero-order valence-corrected chi connectivity index (χ0v) is 19.1. The van der Waals surface area contributed by atoms with Crippen LogP contribution in [0.5, 0.6) is 0 Å². The molecule has 0 aromatic heterocycles. The van der Waals surface area contributed by atoms with Gasteiger partial charge in [0, 0.05) is 11.1 Å². The molecule has 0 amide bonds. The standard InChI is InChI=1S/C33H23FO/c34-30-22-20-29(21-23-30)33(35)28-18-16-27(17-19-28)32(26-14-8-3-9-15-26)31(24-10-4-1-5-11-24)25-12-6-2-7-13-25/h1-23H.